The summed E-state index contributed by atoms with van der Waals surface area (Å²) in [6.45, 7) is 2.31. The molecule has 0 radical (unpaired) electrons. The third kappa shape index (κ3) is 1.56. The number of hydrogen-bond acceptors (Lipinski definition) is 3. The van der Waals surface area contributed by atoms with Crippen LogP contribution < -0.4 is 5.73 Å². The molecule has 0 spiro atoms. The minimum Gasteiger partial charge on any atom is -0.387 e. The lowest BCUT2D eigenvalue weighted by atomic mass is 10.2. The van der Waals surface area contributed by atoms with Gasteiger partial charge in [0.05, 0.1) is 6.10 Å². The van der Waals surface area contributed by atoms with Crippen molar-refractivity contribution in [2.24, 2.45) is 5.73 Å². The highest BCUT2D eigenvalue weighted by molar-refractivity contribution is 7.10. The summed E-state index contributed by atoms with van der Waals surface area (Å²) in [4.78, 5) is 1.21. The van der Waals surface area contributed by atoms with Gasteiger partial charge in [0.25, 0.3) is 0 Å². The lowest BCUT2D eigenvalue weighted by Gasteiger charge is -2.02. The molecule has 3 N–H and O–H groups in total. The average molecular weight is 157 g/mol. The molecule has 1 aromatic heterocycles. The van der Waals surface area contributed by atoms with Crippen LogP contribution in [0.5, 0.6) is 0 Å². The van der Waals surface area contributed by atoms with Crippen molar-refractivity contribution in [1.29, 1.82) is 0 Å². The normalized spacial score (nSPS) is 13.5. The molecule has 0 aliphatic heterocycles. The predicted octanol–water partition coefficient (Wildman–Crippen LogP) is 1.05. The molecule has 56 valence electrons. The van der Waals surface area contributed by atoms with Gasteiger partial charge in [-0.15, -0.1) is 11.3 Å². The summed E-state index contributed by atoms with van der Waals surface area (Å²) in [5, 5.41) is 11.2. The van der Waals surface area contributed by atoms with Gasteiger partial charge in [-0.2, -0.15) is 0 Å². The third-order valence-corrected chi connectivity index (χ3v) is 2.24. The van der Waals surface area contributed by atoms with Crippen LogP contribution in [0.4, 0.5) is 0 Å². The zero-order valence-corrected chi connectivity index (χ0v) is 6.69. The van der Waals surface area contributed by atoms with Gasteiger partial charge in [0, 0.05) is 11.4 Å². The van der Waals surface area contributed by atoms with E-state index in [9.17, 15) is 5.11 Å². The second-order valence-corrected chi connectivity index (χ2v) is 3.36. The van der Waals surface area contributed by atoms with Gasteiger partial charge in [0.2, 0.25) is 0 Å². The number of aliphatic hydroxyl groups is 1. The van der Waals surface area contributed by atoms with Crippen molar-refractivity contribution in [3.05, 3.63) is 21.9 Å². The van der Waals surface area contributed by atoms with Crippen molar-refractivity contribution in [3.63, 3.8) is 0 Å². The first-order chi connectivity index (χ1) is 4.74. The summed E-state index contributed by atoms with van der Waals surface area (Å²) in [6, 6.07) is 1.96. The van der Waals surface area contributed by atoms with E-state index in [0.717, 1.165) is 5.56 Å². The Morgan fingerprint density at radius 2 is 2.50 bits per heavy atom. The molecule has 3 heteroatoms. The maximum absolute atomic E-state index is 9.22. The monoisotopic (exact) mass is 157 g/mol. The molecule has 1 atom stereocenters. The molecule has 1 heterocycles. The van der Waals surface area contributed by atoms with E-state index < -0.39 is 6.10 Å². The second kappa shape index (κ2) is 3.14. The zero-order valence-electron chi connectivity index (χ0n) is 5.87. The number of aliphatic hydroxyl groups excluding tert-OH is 1. The van der Waals surface area contributed by atoms with Gasteiger partial charge >= 0.3 is 0 Å². The summed E-state index contributed by atoms with van der Waals surface area (Å²) in [7, 11) is 0. The number of thiophene rings is 1. The summed E-state index contributed by atoms with van der Waals surface area (Å²) in [5.74, 6) is 0. The molecular weight excluding hydrogens is 146 g/mol. The summed E-state index contributed by atoms with van der Waals surface area (Å²) >= 11 is 1.63. The van der Waals surface area contributed by atoms with Gasteiger partial charge in [-0.05, 0) is 23.9 Å². The number of rotatable bonds is 2. The van der Waals surface area contributed by atoms with Crippen molar-refractivity contribution < 1.29 is 5.11 Å². The maximum atomic E-state index is 9.22. The van der Waals surface area contributed by atoms with E-state index in [1.165, 1.54) is 4.88 Å². The summed E-state index contributed by atoms with van der Waals surface area (Å²) in [5.41, 5.74) is 6.20. The van der Waals surface area contributed by atoms with Crippen molar-refractivity contribution >= 4 is 11.3 Å². The Labute approximate surface area is 64.3 Å². The Balaban J connectivity index is 2.74. The quantitative estimate of drug-likeness (QED) is 0.674. The fourth-order valence-electron chi connectivity index (χ4n) is 0.775. The summed E-state index contributed by atoms with van der Waals surface area (Å²) in [6.07, 6.45) is -0.482. The molecule has 0 aromatic carbocycles. The molecule has 0 saturated heterocycles. The average Bonchev–Trinajstić information content (AvgIpc) is 2.34. The van der Waals surface area contributed by atoms with Crippen molar-refractivity contribution in [1.82, 2.24) is 0 Å². The molecule has 2 nitrogen and oxygen atoms in total. The van der Waals surface area contributed by atoms with Crippen LogP contribution in [0, 0.1) is 6.92 Å². The van der Waals surface area contributed by atoms with Crippen LogP contribution in [0.2, 0.25) is 0 Å². The Bertz CT molecular complexity index is 209. The lowest BCUT2D eigenvalue weighted by Crippen LogP contribution is -2.10. The Kier molecular flexibility index (Phi) is 2.43. The van der Waals surface area contributed by atoms with E-state index in [0.29, 0.717) is 6.54 Å². The minimum atomic E-state index is -0.482. The first-order valence-electron chi connectivity index (χ1n) is 3.17. The van der Waals surface area contributed by atoms with Crippen LogP contribution in [0.1, 0.15) is 16.5 Å². The number of aryl methyl sites for hydroxylation is 1. The van der Waals surface area contributed by atoms with Crippen LogP contribution in [0.3, 0.4) is 0 Å². The van der Waals surface area contributed by atoms with Crippen LogP contribution in [0.25, 0.3) is 0 Å². The highest BCUT2D eigenvalue weighted by atomic mass is 32.1. The van der Waals surface area contributed by atoms with Crippen LogP contribution in [-0.4, -0.2) is 11.7 Å². The zero-order chi connectivity index (χ0) is 7.56. The molecular formula is C7H11NOS. The lowest BCUT2D eigenvalue weighted by molar-refractivity contribution is 0.187. The molecule has 0 amide bonds. The molecule has 10 heavy (non-hydrogen) atoms. The molecule has 1 rings (SSSR count). The third-order valence-electron chi connectivity index (χ3n) is 1.36. The standard InChI is InChI=1S/C7H11NOS/c1-5-2-6(4-10-5)7(9)3-8/h2,4,7,9H,3,8H2,1H3. The first-order valence-corrected chi connectivity index (χ1v) is 4.05. The fraction of sp³-hybridized carbons (Fsp3) is 0.429. The summed E-state index contributed by atoms with van der Waals surface area (Å²) < 4.78 is 0. The van der Waals surface area contributed by atoms with Gasteiger partial charge in [-0.1, -0.05) is 0 Å². The van der Waals surface area contributed by atoms with Crippen molar-refractivity contribution in [3.8, 4) is 0 Å². The van der Waals surface area contributed by atoms with E-state index in [4.69, 9.17) is 5.73 Å². The molecule has 0 aliphatic rings. The first kappa shape index (κ1) is 7.72. The van der Waals surface area contributed by atoms with Gasteiger partial charge in [0.15, 0.2) is 0 Å². The van der Waals surface area contributed by atoms with E-state index >= 15 is 0 Å². The van der Waals surface area contributed by atoms with Crippen LogP contribution in [0.15, 0.2) is 11.4 Å². The van der Waals surface area contributed by atoms with E-state index in [1.807, 2.05) is 18.4 Å². The molecule has 0 aliphatic carbocycles. The fourth-order valence-corrected chi connectivity index (χ4v) is 1.53. The topological polar surface area (TPSA) is 46.2 Å². The Morgan fingerprint density at radius 3 is 2.90 bits per heavy atom. The maximum Gasteiger partial charge on any atom is 0.0920 e. The van der Waals surface area contributed by atoms with Crippen LogP contribution in [-0.2, 0) is 0 Å². The second-order valence-electron chi connectivity index (χ2n) is 2.24. The Morgan fingerprint density at radius 1 is 1.80 bits per heavy atom. The number of nitrogens with two attached hydrogens (primary N) is 1. The molecule has 0 fully saturated rings. The van der Waals surface area contributed by atoms with Crippen molar-refractivity contribution in [2.45, 2.75) is 13.0 Å². The SMILES string of the molecule is Cc1cc(C(O)CN)cs1. The minimum absolute atomic E-state index is 0.302. The van der Waals surface area contributed by atoms with E-state index in [-0.39, 0.29) is 0 Å². The van der Waals surface area contributed by atoms with Gasteiger partial charge < -0.3 is 10.8 Å². The largest absolute Gasteiger partial charge is 0.387 e. The van der Waals surface area contributed by atoms with Gasteiger partial charge in [-0.25, -0.2) is 0 Å². The molecule has 0 bridgehead atoms. The van der Waals surface area contributed by atoms with Crippen LogP contribution >= 0.6 is 11.3 Å². The highest BCUT2D eigenvalue weighted by Gasteiger charge is 2.05. The predicted molar refractivity (Wildman–Crippen MR) is 43.1 cm³/mol. The van der Waals surface area contributed by atoms with Gasteiger partial charge in [-0.3, -0.25) is 0 Å². The Hall–Kier alpha value is -0.380. The number of hydrogen-bond donors (Lipinski definition) is 2. The van der Waals surface area contributed by atoms with Crippen molar-refractivity contribution in [2.75, 3.05) is 6.54 Å². The highest BCUT2D eigenvalue weighted by Crippen LogP contribution is 2.18. The van der Waals surface area contributed by atoms with E-state index in [2.05, 4.69) is 0 Å². The molecule has 1 aromatic rings. The molecule has 0 saturated carbocycles. The molecule has 1 unspecified atom stereocenters. The smallest absolute Gasteiger partial charge is 0.0920 e. The van der Waals surface area contributed by atoms with E-state index in [1.54, 1.807) is 11.3 Å². The van der Waals surface area contributed by atoms with Gasteiger partial charge in [0.1, 0.15) is 0 Å².